The maximum Gasteiger partial charge on any atom is 0.310 e. The molecule has 0 bridgehead atoms. The monoisotopic (exact) mass is 394 g/mol. The summed E-state index contributed by atoms with van der Waals surface area (Å²) in [5, 5.41) is 2.95. The van der Waals surface area contributed by atoms with Crippen LogP contribution in [0.25, 0.3) is 9.75 Å². The molecule has 26 heavy (non-hydrogen) atoms. The third kappa shape index (κ3) is 5.65. The Morgan fingerprint density at radius 1 is 1.12 bits per heavy atom. The first-order valence-corrected chi connectivity index (χ1v) is 10.1. The zero-order chi connectivity index (χ0) is 19.3. The van der Waals surface area contributed by atoms with Gasteiger partial charge in [-0.05, 0) is 51.2 Å². The van der Waals surface area contributed by atoms with Crippen molar-refractivity contribution in [2.75, 3.05) is 34.3 Å². The molecule has 0 spiro atoms. The van der Waals surface area contributed by atoms with Crippen LogP contribution in [0.5, 0.6) is 0 Å². The van der Waals surface area contributed by atoms with Gasteiger partial charge in [-0.3, -0.25) is 9.59 Å². The summed E-state index contributed by atoms with van der Waals surface area (Å²) in [6.45, 7) is 5.55. The summed E-state index contributed by atoms with van der Waals surface area (Å²) >= 11 is 3.34. The van der Waals surface area contributed by atoms with Crippen molar-refractivity contribution < 1.29 is 14.3 Å². The van der Waals surface area contributed by atoms with E-state index in [4.69, 9.17) is 4.74 Å². The molecule has 1 N–H and O–H groups in total. The fraction of sp³-hybridized carbons (Fsp3) is 0.474. The van der Waals surface area contributed by atoms with Crippen LogP contribution in [0.3, 0.4) is 0 Å². The number of aryl methyl sites for hydroxylation is 2. The largest absolute Gasteiger partial charge is 0.469 e. The molecule has 0 saturated heterocycles. The van der Waals surface area contributed by atoms with Gasteiger partial charge in [0.15, 0.2) is 0 Å². The van der Waals surface area contributed by atoms with Crippen LogP contribution < -0.4 is 5.32 Å². The van der Waals surface area contributed by atoms with Gasteiger partial charge in [0, 0.05) is 32.6 Å². The van der Waals surface area contributed by atoms with Gasteiger partial charge >= 0.3 is 5.97 Å². The van der Waals surface area contributed by atoms with Crippen LogP contribution in [0.15, 0.2) is 12.1 Å². The van der Waals surface area contributed by atoms with E-state index in [0.29, 0.717) is 13.0 Å². The fourth-order valence-electron chi connectivity index (χ4n) is 2.60. The average Bonchev–Trinajstić information content (AvgIpc) is 3.09. The van der Waals surface area contributed by atoms with Crippen LogP contribution in [-0.4, -0.2) is 51.1 Å². The highest BCUT2D eigenvalue weighted by Gasteiger charge is 2.17. The lowest BCUT2D eigenvalue weighted by atomic mass is 10.1. The first kappa shape index (κ1) is 20.6. The Bertz CT molecular complexity index is 778. The van der Waals surface area contributed by atoms with E-state index < -0.39 is 0 Å². The van der Waals surface area contributed by atoms with Crippen molar-refractivity contribution in [3.05, 3.63) is 33.0 Å². The molecule has 0 saturated carbocycles. The summed E-state index contributed by atoms with van der Waals surface area (Å²) in [5.74, 6) is -0.200. The molecule has 0 aliphatic rings. The Labute approximate surface area is 163 Å². The molecule has 0 atom stereocenters. The van der Waals surface area contributed by atoms with Gasteiger partial charge in [-0.25, -0.2) is 0 Å². The summed E-state index contributed by atoms with van der Waals surface area (Å²) in [6, 6.07) is 4.12. The van der Waals surface area contributed by atoms with Gasteiger partial charge in [0.05, 0.1) is 20.0 Å². The average molecular weight is 395 g/mol. The second-order valence-corrected chi connectivity index (χ2v) is 9.00. The molecule has 0 aliphatic carbocycles. The van der Waals surface area contributed by atoms with E-state index in [1.807, 2.05) is 38.9 Å². The number of carbonyl (C=O) groups is 2. The number of esters is 1. The Morgan fingerprint density at radius 3 is 2.50 bits per heavy atom. The van der Waals surface area contributed by atoms with Gasteiger partial charge in [0.2, 0.25) is 5.91 Å². The lowest BCUT2D eigenvalue weighted by Crippen LogP contribution is -2.32. The molecular weight excluding hydrogens is 368 g/mol. The number of methoxy groups -OCH3 is 1. The lowest BCUT2D eigenvalue weighted by molar-refractivity contribution is -0.139. The van der Waals surface area contributed by atoms with E-state index in [1.165, 1.54) is 7.11 Å². The molecule has 0 fully saturated rings. The Balaban J connectivity index is 2.12. The van der Waals surface area contributed by atoms with E-state index in [-0.39, 0.29) is 18.3 Å². The molecule has 142 valence electrons. The lowest BCUT2D eigenvalue weighted by Gasteiger charge is -2.10. The second-order valence-electron chi connectivity index (χ2n) is 6.49. The number of rotatable bonds is 8. The van der Waals surface area contributed by atoms with E-state index in [2.05, 4.69) is 11.4 Å². The topological polar surface area (TPSA) is 58.6 Å². The SMILES string of the molecule is COC(=O)Cc1cc(C)sc1-c1cc(CC(=O)NCCN(C)C)c(C)s1. The van der Waals surface area contributed by atoms with Crippen molar-refractivity contribution in [1.29, 1.82) is 0 Å². The molecule has 1 amide bonds. The van der Waals surface area contributed by atoms with Crippen LogP contribution in [0, 0.1) is 13.8 Å². The van der Waals surface area contributed by atoms with Crippen molar-refractivity contribution in [2.45, 2.75) is 26.7 Å². The highest BCUT2D eigenvalue weighted by molar-refractivity contribution is 7.22. The normalized spacial score (nSPS) is 11.0. The van der Waals surface area contributed by atoms with Crippen LogP contribution in [0.4, 0.5) is 0 Å². The van der Waals surface area contributed by atoms with Gasteiger partial charge in [0.25, 0.3) is 0 Å². The first-order chi connectivity index (χ1) is 12.3. The van der Waals surface area contributed by atoms with Crippen molar-refractivity contribution in [2.24, 2.45) is 0 Å². The summed E-state index contributed by atoms with van der Waals surface area (Å²) < 4.78 is 4.80. The molecule has 0 unspecified atom stereocenters. The van der Waals surface area contributed by atoms with Crippen LogP contribution in [0.2, 0.25) is 0 Å². The third-order valence-electron chi connectivity index (χ3n) is 3.97. The molecule has 2 aromatic rings. The van der Waals surface area contributed by atoms with Gasteiger partial charge in [-0.15, -0.1) is 22.7 Å². The van der Waals surface area contributed by atoms with E-state index in [1.54, 1.807) is 22.7 Å². The number of likely N-dealkylation sites (N-methyl/N-ethyl adjacent to an activating group) is 1. The molecule has 2 aromatic heterocycles. The van der Waals surface area contributed by atoms with Crippen molar-refractivity contribution in [3.8, 4) is 9.75 Å². The number of hydrogen-bond acceptors (Lipinski definition) is 6. The summed E-state index contributed by atoms with van der Waals surface area (Å²) in [4.78, 5) is 30.4. The maximum absolute atomic E-state index is 12.2. The number of nitrogens with zero attached hydrogens (tertiary/aromatic N) is 1. The number of amides is 1. The summed E-state index contributed by atoms with van der Waals surface area (Å²) in [7, 11) is 5.37. The molecule has 0 aromatic carbocycles. The summed E-state index contributed by atoms with van der Waals surface area (Å²) in [6.07, 6.45) is 0.653. The van der Waals surface area contributed by atoms with Gasteiger partial charge in [-0.1, -0.05) is 0 Å². The van der Waals surface area contributed by atoms with Crippen LogP contribution in [-0.2, 0) is 27.2 Å². The zero-order valence-corrected chi connectivity index (χ0v) is 17.6. The summed E-state index contributed by atoms with van der Waals surface area (Å²) in [5.41, 5.74) is 2.03. The van der Waals surface area contributed by atoms with Crippen LogP contribution >= 0.6 is 22.7 Å². The molecular formula is C19H26N2O3S2. The van der Waals surface area contributed by atoms with Gasteiger partial charge in [0.1, 0.15) is 0 Å². The van der Waals surface area contributed by atoms with Gasteiger partial charge in [-0.2, -0.15) is 0 Å². The van der Waals surface area contributed by atoms with Gasteiger partial charge < -0.3 is 15.0 Å². The molecule has 2 heterocycles. The Kier molecular flexibility index (Phi) is 7.37. The minimum Gasteiger partial charge on any atom is -0.469 e. The molecule has 2 rings (SSSR count). The van der Waals surface area contributed by atoms with Crippen LogP contribution in [0.1, 0.15) is 20.9 Å². The fourth-order valence-corrected chi connectivity index (χ4v) is 4.81. The Morgan fingerprint density at radius 2 is 1.85 bits per heavy atom. The van der Waals surface area contributed by atoms with E-state index in [0.717, 1.165) is 37.2 Å². The molecule has 0 radical (unpaired) electrons. The van der Waals surface area contributed by atoms with Crippen molar-refractivity contribution in [1.82, 2.24) is 10.2 Å². The standard InChI is InChI=1S/C19H26N2O3S2/c1-12-8-15(11-18(23)24-5)19(25-12)16-9-14(13(2)26-16)10-17(22)20-6-7-21(3)4/h8-9H,6-7,10-11H2,1-5H3,(H,20,22). The minimum absolute atomic E-state index is 0.0384. The minimum atomic E-state index is -0.238. The molecule has 5 nitrogen and oxygen atoms in total. The highest BCUT2D eigenvalue weighted by atomic mass is 32.1. The third-order valence-corrected chi connectivity index (χ3v) is 6.34. The van der Waals surface area contributed by atoms with E-state index in [9.17, 15) is 9.59 Å². The zero-order valence-electron chi connectivity index (χ0n) is 16.0. The first-order valence-electron chi connectivity index (χ1n) is 8.47. The second kappa shape index (κ2) is 9.30. The number of carbonyl (C=O) groups excluding carboxylic acids is 2. The molecule has 7 heteroatoms. The van der Waals surface area contributed by atoms with Crippen molar-refractivity contribution in [3.63, 3.8) is 0 Å². The predicted octanol–water partition coefficient (Wildman–Crippen LogP) is 3.03. The quantitative estimate of drug-likeness (QED) is 0.699. The number of hydrogen-bond donors (Lipinski definition) is 1. The number of nitrogens with one attached hydrogen (secondary N) is 1. The predicted molar refractivity (Wildman–Crippen MR) is 108 cm³/mol. The highest BCUT2D eigenvalue weighted by Crippen LogP contribution is 2.39. The Hall–Kier alpha value is -1.70. The number of thiophene rings is 2. The number of ether oxygens (including phenoxy) is 1. The smallest absolute Gasteiger partial charge is 0.310 e. The van der Waals surface area contributed by atoms with E-state index >= 15 is 0 Å². The maximum atomic E-state index is 12.2. The molecule has 0 aliphatic heterocycles. The van der Waals surface area contributed by atoms with Crippen molar-refractivity contribution >= 4 is 34.6 Å².